The minimum Gasteiger partial charge on any atom is -0.331 e. The van der Waals surface area contributed by atoms with Crippen molar-refractivity contribution in [3.8, 4) is 0 Å². The number of nitrogens with zero attached hydrogens (tertiary/aromatic N) is 2. The van der Waals surface area contributed by atoms with E-state index in [1.807, 2.05) is 0 Å². The van der Waals surface area contributed by atoms with Crippen molar-refractivity contribution < 1.29 is 0 Å². The van der Waals surface area contributed by atoms with Gasteiger partial charge in [0.25, 0.3) is 0 Å². The van der Waals surface area contributed by atoms with Crippen molar-refractivity contribution in [2.75, 3.05) is 19.6 Å². The van der Waals surface area contributed by atoms with Gasteiger partial charge in [0.2, 0.25) is 0 Å². The van der Waals surface area contributed by atoms with Crippen LogP contribution in [0.5, 0.6) is 0 Å². The summed E-state index contributed by atoms with van der Waals surface area (Å²) in [6.45, 7) is 5.67. The van der Waals surface area contributed by atoms with E-state index < -0.39 is 0 Å². The molecule has 0 bridgehead atoms. The molecule has 1 aliphatic rings. The number of likely N-dealkylation sites (N-methyl/N-ethyl adjacent to an activating group) is 1. The molecule has 0 radical (unpaired) electrons. The standard InChI is InChI=1S/C14H18BrN3S/c1-2-17-7-3-4-11(9-17)18-13-6-5-10(15)8-12(13)16-14(18)19/h5-6,8,11H,2-4,7,9H2,1H3,(H,16,19). The summed E-state index contributed by atoms with van der Waals surface area (Å²) in [6.07, 6.45) is 2.47. The summed E-state index contributed by atoms with van der Waals surface area (Å²) >= 11 is 9.04. The topological polar surface area (TPSA) is 24.0 Å². The van der Waals surface area contributed by atoms with Gasteiger partial charge in [0.15, 0.2) is 4.77 Å². The Morgan fingerprint density at radius 2 is 2.32 bits per heavy atom. The minimum absolute atomic E-state index is 0.496. The number of likely N-dealkylation sites (tertiary alicyclic amines) is 1. The van der Waals surface area contributed by atoms with Crippen molar-refractivity contribution in [3.63, 3.8) is 0 Å². The molecule has 0 aliphatic carbocycles. The fraction of sp³-hybridized carbons (Fsp3) is 0.500. The number of rotatable bonds is 2. The zero-order valence-electron chi connectivity index (χ0n) is 11.0. The molecular weight excluding hydrogens is 322 g/mol. The highest BCUT2D eigenvalue weighted by Gasteiger charge is 2.22. The van der Waals surface area contributed by atoms with Crippen molar-refractivity contribution >= 4 is 39.2 Å². The third-order valence-electron chi connectivity index (χ3n) is 3.97. The van der Waals surface area contributed by atoms with Crippen molar-refractivity contribution in [1.29, 1.82) is 0 Å². The molecular formula is C14H18BrN3S. The molecule has 3 nitrogen and oxygen atoms in total. The first-order chi connectivity index (χ1) is 9.19. The van der Waals surface area contributed by atoms with Crippen LogP contribution in [0.3, 0.4) is 0 Å². The molecule has 1 saturated heterocycles. The normalized spacial score (nSPS) is 21.1. The average Bonchev–Trinajstić information content (AvgIpc) is 2.73. The highest BCUT2D eigenvalue weighted by Crippen LogP contribution is 2.27. The van der Waals surface area contributed by atoms with E-state index >= 15 is 0 Å². The van der Waals surface area contributed by atoms with Crippen LogP contribution in [0.4, 0.5) is 0 Å². The van der Waals surface area contributed by atoms with Crippen LogP contribution in [-0.2, 0) is 0 Å². The van der Waals surface area contributed by atoms with Crippen LogP contribution >= 0.6 is 28.1 Å². The van der Waals surface area contributed by atoms with E-state index in [0.29, 0.717) is 6.04 Å². The fourth-order valence-corrected chi connectivity index (χ4v) is 3.71. The number of piperidine rings is 1. The van der Waals surface area contributed by atoms with Gasteiger partial charge in [-0.1, -0.05) is 22.9 Å². The van der Waals surface area contributed by atoms with Crippen LogP contribution < -0.4 is 0 Å². The lowest BCUT2D eigenvalue weighted by molar-refractivity contribution is 0.187. The first-order valence-electron chi connectivity index (χ1n) is 6.81. The van der Waals surface area contributed by atoms with E-state index in [-0.39, 0.29) is 0 Å². The zero-order chi connectivity index (χ0) is 13.4. The molecule has 1 atom stereocenters. The van der Waals surface area contributed by atoms with Crippen LogP contribution in [-0.4, -0.2) is 34.1 Å². The molecule has 102 valence electrons. The molecule has 3 rings (SSSR count). The Morgan fingerprint density at radius 1 is 1.47 bits per heavy atom. The van der Waals surface area contributed by atoms with E-state index in [4.69, 9.17) is 12.2 Å². The number of nitrogens with one attached hydrogen (secondary N) is 1. The molecule has 1 unspecified atom stereocenters. The average molecular weight is 340 g/mol. The summed E-state index contributed by atoms with van der Waals surface area (Å²) in [5.41, 5.74) is 2.34. The lowest BCUT2D eigenvalue weighted by atomic mass is 10.1. The second-order valence-electron chi connectivity index (χ2n) is 5.15. The van der Waals surface area contributed by atoms with E-state index in [1.54, 1.807) is 0 Å². The summed E-state index contributed by atoms with van der Waals surface area (Å²) in [5, 5.41) is 0. The summed E-state index contributed by atoms with van der Waals surface area (Å²) in [6, 6.07) is 6.83. The van der Waals surface area contributed by atoms with Gasteiger partial charge in [-0.05, 0) is 56.3 Å². The Balaban J connectivity index is 2.04. The summed E-state index contributed by atoms with van der Waals surface area (Å²) < 4.78 is 4.23. The maximum Gasteiger partial charge on any atom is 0.178 e. The Kier molecular flexibility index (Phi) is 3.78. The molecule has 0 spiro atoms. The Morgan fingerprint density at radius 3 is 3.11 bits per heavy atom. The molecule has 1 aromatic carbocycles. The summed E-state index contributed by atoms with van der Waals surface area (Å²) in [7, 11) is 0. The molecule has 0 saturated carbocycles. The number of fused-ring (bicyclic) bond motifs is 1. The predicted octanol–water partition coefficient (Wildman–Crippen LogP) is 4.12. The second-order valence-corrected chi connectivity index (χ2v) is 6.45. The number of aromatic nitrogens is 2. The van der Waals surface area contributed by atoms with Gasteiger partial charge < -0.3 is 14.5 Å². The maximum absolute atomic E-state index is 5.53. The van der Waals surface area contributed by atoms with Gasteiger partial charge in [-0.3, -0.25) is 0 Å². The van der Waals surface area contributed by atoms with Crippen LogP contribution in [0.2, 0.25) is 0 Å². The number of H-pyrrole nitrogens is 1. The van der Waals surface area contributed by atoms with Gasteiger partial charge >= 0.3 is 0 Å². The summed E-state index contributed by atoms with van der Waals surface area (Å²) in [5.74, 6) is 0. The number of imidazole rings is 1. The van der Waals surface area contributed by atoms with E-state index in [2.05, 4.69) is 55.5 Å². The van der Waals surface area contributed by atoms with Gasteiger partial charge in [-0.25, -0.2) is 0 Å². The second kappa shape index (κ2) is 5.38. The maximum atomic E-state index is 5.53. The molecule has 1 aromatic heterocycles. The molecule has 1 aliphatic heterocycles. The highest BCUT2D eigenvalue weighted by molar-refractivity contribution is 9.10. The van der Waals surface area contributed by atoms with Crippen molar-refractivity contribution in [2.45, 2.75) is 25.8 Å². The van der Waals surface area contributed by atoms with Crippen LogP contribution in [0.15, 0.2) is 22.7 Å². The molecule has 19 heavy (non-hydrogen) atoms. The van der Waals surface area contributed by atoms with Gasteiger partial charge in [-0.2, -0.15) is 0 Å². The number of benzene rings is 1. The van der Waals surface area contributed by atoms with Crippen molar-refractivity contribution in [1.82, 2.24) is 14.5 Å². The van der Waals surface area contributed by atoms with Gasteiger partial charge in [0.05, 0.1) is 11.0 Å². The summed E-state index contributed by atoms with van der Waals surface area (Å²) in [4.78, 5) is 5.83. The zero-order valence-corrected chi connectivity index (χ0v) is 13.4. The molecule has 2 heterocycles. The van der Waals surface area contributed by atoms with Crippen LogP contribution in [0, 0.1) is 4.77 Å². The van der Waals surface area contributed by atoms with Gasteiger partial charge in [0, 0.05) is 17.1 Å². The van der Waals surface area contributed by atoms with Crippen LogP contribution in [0.25, 0.3) is 11.0 Å². The first-order valence-corrected chi connectivity index (χ1v) is 8.01. The van der Waals surface area contributed by atoms with E-state index in [1.165, 1.54) is 24.9 Å². The quantitative estimate of drug-likeness (QED) is 0.832. The third kappa shape index (κ3) is 2.51. The van der Waals surface area contributed by atoms with Gasteiger partial charge in [0.1, 0.15) is 0 Å². The third-order valence-corrected chi connectivity index (χ3v) is 4.76. The SMILES string of the molecule is CCN1CCCC(n2c(=S)[nH]c3cc(Br)ccc32)C1. The van der Waals surface area contributed by atoms with E-state index in [9.17, 15) is 0 Å². The van der Waals surface area contributed by atoms with E-state index in [0.717, 1.165) is 27.8 Å². The molecule has 1 N–H and O–H groups in total. The monoisotopic (exact) mass is 339 g/mol. The number of hydrogen-bond acceptors (Lipinski definition) is 2. The lowest BCUT2D eigenvalue weighted by Crippen LogP contribution is -2.36. The molecule has 0 amide bonds. The predicted molar refractivity (Wildman–Crippen MR) is 85.2 cm³/mol. The smallest absolute Gasteiger partial charge is 0.178 e. The largest absolute Gasteiger partial charge is 0.331 e. The number of halogens is 1. The number of hydrogen-bond donors (Lipinski definition) is 1. The first kappa shape index (κ1) is 13.3. The van der Waals surface area contributed by atoms with Crippen molar-refractivity contribution in [3.05, 3.63) is 27.4 Å². The van der Waals surface area contributed by atoms with Gasteiger partial charge in [-0.15, -0.1) is 0 Å². The Bertz CT molecular complexity index is 646. The molecule has 1 fully saturated rings. The Labute approximate surface area is 126 Å². The minimum atomic E-state index is 0.496. The highest BCUT2D eigenvalue weighted by atomic mass is 79.9. The van der Waals surface area contributed by atoms with Crippen LogP contribution in [0.1, 0.15) is 25.8 Å². The fourth-order valence-electron chi connectivity index (χ4n) is 2.99. The lowest BCUT2D eigenvalue weighted by Gasteiger charge is -2.32. The molecule has 2 aromatic rings. The number of aromatic amines is 1. The molecule has 5 heteroatoms. The van der Waals surface area contributed by atoms with Crippen molar-refractivity contribution in [2.24, 2.45) is 0 Å². The Hall–Kier alpha value is -0.650.